The van der Waals surface area contributed by atoms with Crippen molar-refractivity contribution in [3.63, 3.8) is 0 Å². The van der Waals surface area contributed by atoms with E-state index in [0.717, 1.165) is 17.7 Å². The lowest BCUT2D eigenvalue weighted by Crippen LogP contribution is -1.98. The molecule has 86 valence electrons. The fraction of sp³-hybridized carbons (Fsp3) is 0.308. The van der Waals surface area contributed by atoms with Gasteiger partial charge in [-0.1, -0.05) is 30.7 Å². The Morgan fingerprint density at radius 1 is 1.38 bits per heavy atom. The molecule has 0 atom stereocenters. The van der Waals surface area contributed by atoms with Crippen LogP contribution in [0.4, 0.5) is 0 Å². The minimum atomic E-state index is -0.273. The third-order valence-corrected chi connectivity index (χ3v) is 3.27. The van der Waals surface area contributed by atoms with Gasteiger partial charge >= 0.3 is 5.97 Å². The monoisotopic (exact) mass is 236 g/mol. The van der Waals surface area contributed by atoms with Crippen molar-refractivity contribution < 1.29 is 9.53 Å². The zero-order valence-electron chi connectivity index (χ0n) is 9.60. The van der Waals surface area contributed by atoms with Crippen molar-refractivity contribution in [1.82, 2.24) is 0 Å². The Morgan fingerprint density at radius 3 is 2.62 bits per heavy atom. The smallest absolute Gasteiger partial charge is 0.330 e. The third-order valence-electron chi connectivity index (χ3n) is 2.14. The number of carbonyl (C=O) groups is 1. The van der Waals surface area contributed by atoms with Crippen LogP contribution in [-0.4, -0.2) is 18.8 Å². The maximum Gasteiger partial charge on any atom is 0.330 e. The number of thioether (sulfide) groups is 1. The molecule has 0 saturated carbocycles. The van der Waals surface area contributed by atoms with E-state index in [2.05, 4.69) is 16.9 Å². The van der Waals surface area contributed by atoms with E-state index in [1.165, 1.54) is 12.0 Å². The zero-order chi connectivity index (χ0) is 11.8. The van der Waals surface area contributed by atoms with E-state index in [9.17, 15) is 4.79 Å². The van der Waals surface area contributed by atoms with Gasteiger partial charge in [0.25, 0.3) is 0 Å². The molecule has 0 aromatic heterocycles. The first-order valence-electron chi connectivity index (χ1n) is 5.21. The van der Waals surface area contributed by atoms with Crippen molar-refractivity contribution in [2.75, 3.05) is 12.9 Å². The summed E-state index contributed by atoms with van der Waals surface area (Å²) in [5, 5.41) is 0. The van der Waals surface area contributed by atoms with Crippen molar-refractivity contribution in [1.29, 1.82) is 0 Å². The van der Waals surface area contributed by atoms with E-state index >= 15 is 0 Å². The van der Waals surface area contributed by atoms with E-state index in [-0.39, 0.29) is 5.97 Å². The summed E-state index contributed by atoms with van der Waals surface area (Å²) < 4.78 is 4.61. The summed E-state index contributed by atoms with van der Waals surface area (Å²) in [6.07, 6.45) is 2.45. The van der Waals surface area contributed by atoms with Gasteiger partial charge in [0, 0.05) is 16.7 Å². The maximum atomic E-state index is 11.1. The lowest BCUT2D eigenvalue weighted by atomic mass is 10.2. The molecule has 0 bridgehead atoms. The SMILES string of the molecule is CCC(=CC(=O)OC)CSc1ccccc1. The number of ether oxygens (including phenoxy) is 1. The predicted octanol–water partition coefficient (Wildman–Crippen LogP) is 3.29. The van der Waals surface area contributed by atoms with Crippen LogP contribution in [0.15, 0.2) is 46.9 Å². The summed E-state index contributed by atoms with van der Waals surface area (Å²) in [4.78, 5) is 12.3. The van der Waals surface area contributed by atoms with Gasteiger partial charge in [0.05, 0.1) is 7.11 Å². The number of methoxy groups -OCH3 is 1. The molecule has 0 aliphatic heterocycles. The maximum absolute atomic E-state index is 11.1. The minimum absolute atomic E-state index is 0.273. The van der Waals surface area contributed by atoms with Gasteiger partial charge in [0.15, 0.2) is 0 Å². The first-order chi connectivity index (χ1) is 7.76. The molecule has 0 heterocycles. The summed E-state index contributed by atoms with van der Waals surface area (Å²) in [5.74, 6) is 0.556. The molecule has 0 fully saturated rings. The predicted molar refractivity (Wildman–Crippen MR) is 67.6 cm³/mol. The van der Waals surface area contributed by atoms with Gasteiger partial charge in [-0.2, -0.15) is 0 Å². The normalized spacial score (nSPS) is 11.2. The molecule has 0 saturated heterocycles. The topological polar surface area (TPSA) is 26.3 Å². The minimum Gasteiger partial charge on any atom is -0.466 e. The van der Waals surface area contributed by atoms with Gasteiger partial charge in [0.2, 0.25) is 0 Å². The highest BCUT2D eigenvalue weighted by Gasteiger charge is 2.01. The van der Waals surface area contributed by atoms with Crippen LogP contribution in [0.2, 0.25) is 0 Å². The van der Waals surface area contributed by atoms with Crippen molar-refractivity contribution in [2.45, 2.75) is 18.2 Å². The highest BCUT2D eigenvalue weighted by atomic mass is 32.2. The van der Waals surface area contributed by atoms with Gasteiger partial charge < -0.3 is 4.74 Å². The van der Waals surface area contributed by atoms with Crippen molar-refractivity contribution >= 4 is 17.7 Å². The Bertz CT molecular complexity index is 357. The molecule has 0 spiro atoms. The number of benzene rings is 1. The Hall–Kier alpha value is -1.22. The van der Waals surface area contributed by atoms with Crippen molar-refractivity contribution in [3.8, 4) is 0 Å². The molecular formula is C13H16O2S. The number of hydrogen-bond acceptors (Lipinski definition) is 3. The van der Waals surface area contributed by atoms with E-state index in [4.69, 9.17) is 0 Å². The van der Waals surface area contributed by atoms with Crippen LogP contribution < -0.4 is 0 Å². The molecule has 0 radical (unpaired) electrons. The van der Waals surface area contributed by atoms with Crippen LogP contribution in [0.3, 0.4) is 0 Å². The number of esters is 1. The number of rotatable bonds is 5. The molecule has 0 aliphatic rings. The van der Waals surface area contributed by atoms with Crippen LogP contribution >= 0.6 is 11.8 Å². The van der Waals surface area contributed by atoms with Crippen molar-refractivity contribution in [3.05, 3.63) is 42.0 Å². The zero-order valence-corrected chi connectivity index (χ0v) is 10.4. The second-order valence-corrected chi connectivity index (χ2v) is 4.33. The molecule has 0 amide bonds. The fourth-order valence-corrected chi connectivity index (χ4v) is 2.15. The van der Waals surface area contributed by atoms with Gasteiger partial charge in [-0.25, -0.2) is 4.79 Å². The molecule has 3 heteroatoms. The van der Waals surface area contributed by atoms with Crippen LogP contribution in [0.25, 0.3) is 0 Å². The third kappa shape index (κ3) is 4.53. The largest absolute Gasteiger partial charge is 0.466 e. The van der Waals surface area contributed by atoms with E-state index in [0.29, 0.717) is 0 Å². The molecule has 0 N–H and O–H groups in total. The average molecular weight is 236 g/mol. The van der Waals surface area contributed by atoms with Gasteiger partial charge in [-0.05, 0) is 18.6 Å². The standard InChI is InChI=1S/C13H16O2S/c1-3-11(9-13(14)15-2)10-16-12-7-5-4-6-8-12/h4-9H,3,10H2,1-2H3. The Morgan fingerprint density at radius 2 is 2.06 bits per heavy atom. The molecule has 1 aromatic rings. The molecule has 2 nitrogen and oxygen atoms in total. The highest BCUT2D eigenvalue weighted by Crippen LogP contribution is 2.21. The summed E-state index contributed by atoms with van der Waals surface area (Å²) in [5.41, 5.74) is 1.10. The summed E-state index contributed by atoms with van der Waals surface area (Å²) >= 11 is 1.73. The lowest BCUT2D eigenvalue weighted by Gasteiger charge is -2.04. The summed E-state index contributed by atoms with van der Waals surface area (Å²) in [6.45, 7) is 2.04. The fourth-order valence-electron chi connectivity index (χ4n) is 1.16. The molecule has 1 rings (SSSR count). The second-order valence-electron chi connectivity index (χ2n) is 3.28. The highest BCUT2D eigenvalue weighted by molar-refractivity contribution is 7.99. The van der Waals surface area contributed by atoms with Gasteiger partial charge in [-0.3, -0.25) is 0 Å². The van der Waals surface area contributed by atoms with Crippen molar-refractivity contribution in [2.24, 2.45) is 0 Å². The van der Waals surface area contributed by atoms with Crippen LogP contribution in [0, 0.1) is 0 Å². The Labute approximate surface area is 101 Å². The molecule has 0 unspecified atom stereocenters. The van der Waals surface area contributed by atoms with E-state index < -0.39 is 0 Å². The van der Waals surface area contributed by atoms with Gasteiger partial charge in [-0.15, -0.1) is 11.8 Å². The first kappa shape index (κ1) is 12.8. The van der Waals surface area contributed by atoms with Gasteiger partial charge in [0.1, 0.15) is 0 Å². The van der Waals surface area contributed by atoms with E-state index in [1.807, 2.05) is 25.1 Å². The average Bonchev–Trinajstić information content (AvgIpc) is 2.35. The Kier molecular flexibility index (Phi) is 5.72. The number of carbonyl (C=O) groups excluding carboxylic acids is 1. The quantitative estimate of drug-likeness (QED) is 0.446. The Balaban J connectivity index is 2.52. The summed E-state index contributed by atoms with van der Waals surface area (Å²) in [7, 11) is 1.40. The number of hydrogen-bond donors (Lipinski definition) is 0. The molecule has 16 heavy (non-hydrogen) atoms. The van der Waals surface area contributed by atoms with Crippen LogP contribution in [0.5, 0.6) is 0 Å². The van der Waals surface area contributed by atoms with E-state index in [1.54, 1.807) is 17.8 Å². The molecule has 0 aliphatic carbocycles. The van der Waals surface area contributed by atoms with Crippen LogP contribution in [0.1, 0.15) is 13.3 Å². The molecule has 1 aromatic carbocycles. The lowest BCUT2D eigenvalue weighted by molar-refractivity contribution is -0.134. The molecular weight excluding hydrogens is 220 g/mol. The van der Waals surface area contributed by atoms with Crippen LogP contribution in [-0.2, 0) is 9.53 Å². The first-order valence-corrected chi connectivity index (χ1v) is 6.20. The summed E-state index contributed by atoms with van der Waals surface area (Å²) in [6, 6.07) is 10.2. The second kappa shape index (κ2) is 7.12.